The van der Waals surface area contributed by atoms with Gasteiger partial charge in [0.2, 0.25) is 0 Å². The first-order valence-corrected chi connectivity index (χ1v) is 5.91. The van der Waals surface area contributed by atoms with Gasteiger partial charge in [-0.3, -0.25) is 9.80 Å². The molecule has 0 radical (unpaired) electrons. The van der Waals surface area contributed by atoms with E-state index >= 15 is 0 Å². The molecule has 1 aromatic heterocycles. The van der Waals surface area contributed by atoms with Gasteiger partial charge in [0.15, 0.2) is 0 Å². The minimum absolute atomic E-state index is 0.0186. The van der Waals surface area contributed by atoms with E-state index in [1.165, 1.54) is 0 Å². The molecule has 17 heavy (non-hydrogen) atoms. The van der Waals surface area contributed by atoms with Crippen molar-refractivity contribution in [1.82, 2.24) is 19.8 Å². The van der Waals surface area contributed by atoms with Crippen molar-refractivity contribution in [3.05, 3.63) is 24.3 Å². The Bertz CT molecular complexity index is 378. The highest BCUT2D eigenvalue weighted by molar-refractivity contribution is 4.92. The fourth-order valence-electron chi connectivity index (χ4n) is 2.00. The van der Waals surface area contributed by atoms with Gasteiger partial charge < -0.3 is 0 Å². The van der Waals surface area contributed by atoms with Crippen LogP contribution in [0.5, 0.6) is 0 Å². The van der Waals surface area contributed by atoms with Crippen molar-refractivity contribution in [3.63, 3.8) is 0 Å². The maximum absolute atomic E-state index is 8.86. The van der Waals surface area contributed by atoms with Gasteiger partial charge in [0.1, 0.15) is 5.82 Å². The molecule has 1 aliphatic rings. The molecule has 1 unspecified atom stereocenters. The molecule has 90 valence electrons. The van der Waals surface area contributed by atoms with Crippen molar-refractivity contribution in [3.8, 4) is 6.07 Å². The predicted molar refractivity (Wildman–Crippen MR) is 64.0 cm³/mol. The van der Waals surface area contributed by atoms with Crippen LogP contribution in [0.4, 0.5) is 0 Å². The van der Waals surface area contributed by atoms with Crippen molar-refractivity contribution in [2.45, 2.75) is 19.5 Å². The summed E-state index contributed by atoms with van der Waals surface area (Å²) in [5.41, 5.74) is 0. The topological polar surface area (TPSA) is 56.1 Å². The summed E-state index contributed by atoms with van der Waals surface area (Å²) in [6.45, 7) is 6.60. The highest BCUT2D eigenvalue weighted by atomic mass is 15.3. The van der Waals surface area contributed by atoms with E-state index in [9.17, 15) is 0 Å². The SMILES string of the molecule is CC(C#N)N1CCN(Cc2ncccn2)CC1. The van der Waals surface area contributed by atoms with Gasteiger partial charge in [0.05, 0.1) is 18.7 Å². The molecule has 5 heteroatoms. The van der Waals surface area contributed by atoms with Crippen LogP contribution in [0.2, 0.25) is 0 Å². The fourth-order valence-corrected chi connectivity index (χ4v) is 2.00. The fraction of sp³-hybridized carbons (Fsp3) is 0.583. The smallest absolute Gasteiger partial charge is 0.142 e. The van der Waals surface area contributed by atoms with Crippen LogP contribution in [0.3, 0.4) is 0 Å². The molecule has 2 heterocycles. The monoisotopic (exact) mass is 231 g/mol. The van der Waals surface area contributed by atoms with Crippen LogP contribution in [0.25, 0.3) is 0 Å². The summed E-state index contributed by atoms with van der Waals surface area (Å²) in [4.78, 5) is 13.0. The van der Waals surface area contributed by atoms with Crippen LogP contribution in [0.15, 0.2) is 18.5 Å². The second kappa shape index (κ2) is 5.71. The summed E-state index contributed by atoms with van der Waals surface area (Å²) in [6.07, 6.45) is 3.55. The minimum Gasteiger partial charge on any atom is -0.293 e. The zero-order valence-corrected chi connectivity index (χ0v) is 10.1. The molecule has 0 saturated carbocycles. The van der Waals surface area contributed by atoms with E-state index in [0.717, 1.165) is 38.5 Å². The van der Waals surface area contributed by atoms with E-state index in [0.29, 0.717) is 0 Å². The molecule has 1 atom stereocenters. The van der Waals surface area contributed by atoms with Crippen molar-refractivity contribution in [1.29, 1.82) is 5.26 Å². The highest BCUT2D eigenvalue weighted by Crippen LogP contribution is 2.07. The normalized spacial score (nSPS) is 19.8. The Morgan fingerprint density at radius 3 is 2.53 bits per heavy atom. The number of piperazine rings is 1. The second-order valence-electron chi connectivity index (χ2n) is 4.28. The molecule has 1 saturated heterocycles. The lowest BCUT2D eigenvalue weighted by Gasteiger charge is -2.35. The number of rotatable bonds is 3. The number of hydrogen-bond acceptors (Lipinski definition) is 5. The first-order valence-electron chi connectivity index (χ1n) is 5.91. The lowest BCUT2D eigenvalue weighted by molar-refractivity contribution is 0.112. The molecule has 1 aromatic rings. The number of aromatic nitrogens is 2. The van der Waals surface area contributed by atoms with Crippen molar-refractivity contribution < 1.29 is 0 Å². The van der Waals surface area contributed by atoms with E-state index in [2.05, 4.69) is 25.8 Å². The average Bonchev–Trinajstić information content (AvgIpc) is 2.40. The van der Waals surface area contributed by atoms with Crippen LogP contribution in [0.1, 0.15) is 12.7 Å². The zero-order chi connectivity index (χ0) is 12.1. The number of hydrogen-bond donors (Lipinski definition) is 0. The van der Waals surface area contributed by atoms with E-state index < -0.39 is 0 Å². The van der Waals surface area contributed by atoms with E-state index in [1.807, 2.05) is 13.0 Å². The van der Waals surface area contributed by atoms with Crippen molar-refractivity contribution in [2.24, 2.45) is 0 Å². The Kier molecular flexibility index (Phi) is 4.02. The van der Waals surface area contributed by atoms with Gasteiger partial charge in [0, 0.05) is 38.6 Å². The summed E-state index contributed by atoms with van der Waals surface area (Å²) in [5, 5.41) is 8.86. The van der Waals surface area contributed by atoms with Crippen molar-refractivity contribution >= 4 is 0 Å². The van der Waals surface area contributed by atoms with Gasteiger partial charge in [-0.25, -0.2) is 9.97 Å². The third kappa shape index (κ3) is 3.22. The maximum atomic E-state index is 8.86. The third-order valence-electron chi connectivity index (χ3n) is 3.13. The Morgan fingerprint density at radius 2 is 1.94 bits per heavy atom. The van der Waals surface area contributed by atoms with Crippen LogP contribution in [0, 0.1) is 11.3 Å². The predicted octanol–water partition coefficient (Wildman–Crippen LogP) is 0.506. The molecule has 0 aliphatic carbocycles. The standard InChI is InChI=1S/C12H17N5/c1-11(9-13)17-7-5-16(6-8-17)10-12-14-3-2-4-15-12/h2-4,11H,5-8,10H2,1H3. The molecular weight excluding hydrogens is 214 g/mol. The van der Waals surface area contributed by atoms with Gasteiger partial charge in [-0.15, -0.1) is 0 Å². The van der Waals surface area contributed by atoms with Gasteiger partial charge in [0.25, 0.3) is 0 Å². The van der Waals surface area contributed by atoms with Gasteiger partial charge in [-0.05, 0) is 13.0 Å². The first-order chi connectivity index (χ1) is 8.29. The molecule has 2 rings (SSSR count). The molecule has 0 amide bonds. The Labute approximate surface area is 102 Å². The van der Waals surface area contributed by atoms with Crippen LogP contribution in [-0.2, 0) is 6.54 Å². The first kappa shape index (κ1) is 12.0. The molecule has 5 nitrogen and oxygen atoms in total. The number of nitrogens with zero attached hydrogens (tertiary/aromatic N) is 5. The largest absolute Gasteiger partial charge is 0.293 e. The van der Waals surface area contributed by atoms with Crippen molar-refractivity contribution in [2.75, 3.05) is 26.2 Å². The molecular formula is C12H17N5. The van der Waals surface area contributed by atoms with E-state index in [4.69, 9.17) is 5.26 Å². The lowest BCUT2D eigenvalue weighted by Crippen LogP contribution is -2.48. The Balaban J connectivity index is 1.82. The van der Waals surface area contributed by atoms with Gasteiger partial charge in [-0.1, -0.05) is 0 Å². The molecule has 1 aliphatic heterocycles. The summed E-state index contributed by atoms with van der Waals surface area (Å²) >= 11 is 0. The third-order valence-corrected chi connectivity index (χ3v) is 3.13. The number of nitriles is 1. The zero-order valence-electron chi connectivity index (χ0n) is 10.1. The molecule has 0 spiro atoms. The van der Waals surface area contributed by atoms with Crippen LogP contribution in [-0.4, -0.2) is 52.0 Å². The quantitative estimate of drug-likeness (QED) is 0.758. The summed E-state index contributed by atoms with van der Waals surface area (Å²) in [5.74, 6) is 0.870. The van der Waals surface area contributed by atoms with E-state index in [1.54, 1.807) is 12.4 Å². The Morgan fingerprint density at radius 1 is 1.29 bits per heavy atom. The van der Waals surface area contributed by atoms with Crippen LogP contribution < -0.4 is 0 Å². The molecule has 1 fully saturated rings. The maximum Gasteiger partial charge on any atom is 0.142 e. The summed E-state index contributed by atoms with van der Waals surface area (Å²) in [6, 6.07) is 4.13. The van der Waals surface area contributed by atoms with Gasteiger partial charge in [-0.2, -0.15) is 5.26 Å². The molecule has 0 aromatic carbocycles. The van der Waals surface area contributed by atoms with Gasteiger partial charge >= 0.3 is 0 Å². The average molecular weight is 231 g/mol. The van der Waals surface area contributed by atoms with E-state index in [-0.39, 0.29) is 6.04 Å². The molecule has 0 N–H and O–H groups in total. The summed E-state index contributed by atoms with van der Waals surface area (Å²) in [7, 11) is 0. The molecule has 0 bridgehead atoms. The minimum atomic E-state index is 0.0186. The lowest BCUT2D eigenvalue weighted by atomic mass is 10.2. The Hall–Kier alpha value is -1.51. The summed E-state index contributed by atoms with van der Waals surface area (Å²) < 4.78 is 0. The highest BCUT2D eigenvalue weighted by Gasteiger charge is 2.20. The van der Waals surface area contributed by atoms with Crippen LogP contribution >= 0.6 is 0 Å². The second-order valence-corrected chi connectivity index (χ2v) is 4.28.